The van der Waals surface area contributed by atoms with E-state index in [-0.39, 0.29) is 11.6 Å². The van der Waals surface area contributed by atoms with Gasteiger partial charge in [-0.1, -0.05) is 44.9 Å². The summed E-state index contributed by atoms with van der Waals surface area (Å²) < 4.78 is 8.03. The number of hydrogen-bond donors (Lipinski definition) is 0. The number of aromatic nitrogens is 4. The highest BCUT2D eigenvalue weighted by molar-refractivity contribution is 8.00. The third-order valence-electron chi connectivity index (χ3n) is 5.86. The number of unbranched alkanes of at least 4 members (excludes halogenated alkanes) is 3. The maximum absolute atomic E-state index is 13.1. The zero-order valence-corrected chi connectivity index (χ0v) is 20.9. The van der Waals surface area contributed by atoms with E-state index in [1.807, 2.05) is 13.8 Å². The zero-order chi connectivity index (χ0) is 24.0. The maximum atomic E-state index is 13.1. The zero-order valence-electron chi connectivity index (χ0n) is 20.1. The Balaban J connectivity index is 2.05. The molecule has 3 heterocycles. The standard InChI is InChI=1S/C23H35N5O4S/c1-5-7-8-9-10-17-24-19-18(22(30)26(4)23(31)28(19)11-6-2)20(25-17)33-16(3)21(29)27-12-14-32-15-13-27/h16H,5-15H2,1-4H3. The quantitative estimate of drug-likeness (QED) is 0.294. The first-order valence-electron chi connectivity index (χ1n) is 11.9. The molecular weight excluding hydrogens is 442 g/mol. The lowest BCUT2D eigenvalue weighted by molar-refractivity contribution is -0.134. The summed E-state index contributed by atoms with van der Waals surface area (Å²) in [5, 5.41) is 0.366. The molecule has 0 radical (unpaired) electrons. The average molecular weight is 478 g/mol. The number of nitrogens with zero attached hydrogens (tertiary/aromatic N) is 5. The van der Waals surface area contributed by atoms with Gasteiger partial charge in [0, 0.05) is 33.1 Å². The molecule has 1 unspecified atom stereocenters. The number of morpholine rings is 1. The fraction of sp³-hybridized carbons (Fsp3) is 0.696. The van der Waals surface area contributed by atoms with Gasteiger partial charge in [-0.25, -0.2) is 14.8 Å². The van der Waals surface area contributed by atoms with Crippen LogP contribution >= 0.6 is 11.8 Å². The Labute approximate surface area is 198 Å². The van der Waals surface area contributed by atoms with E-state index in [0.717, 1.165) is 36.7 Å². The Hall–Kier alpha value is -2.20. The third-order valence-corrected chi connectivity index (χ3v) is 6.93. The van der Waals surface area contributed by atoms with Crippen LogP contribution in [0.25, 0.3) is 11.0 Å². The Kier molecular flexibility index (Phi) is 9.08. The van der Waals surface area contributed by atoms with Gasteiger partial charge in [0.15, 0.2) is 5.65 Å². The molecule has 1 atom stereocenters. The van der Waals surface area contributed by atoms with E-state index in [2.05, 4.69) is 11.9 Å². The van der Waals surface area contributed by atoms with Crippen molar-refractivity contribution in [3.05, 3.63) is 26.7 Å². The molecule has 2 aromatic heterocycles. The van der Waals surface area contributed by atoms with Gasteiger partial charge in [-0.3, -0.25) is 18.7 Å². The van der Waals surface area contributed by atoms with E-state index in [4.69, 9.17) is 9.72 Å². The molecule has 0 aromatic carbocycles. The summed E-state index contributed by atoms with van der Waals surface area (Å²) >= 11 is 1.28. The third kappa shape index (κ3) is 5.84. The SMILES string of the molecule is CCCCCCc1nc(SC(C)C(=O)N2CCOCC2)c2c(=O)n(C)c(=O)n(CCC)c2n1. The number of aryl methyl sites for hydroxylation is 2. The van der Waals surface area contributed by atoms with Crippen LogP contribution in [0.5, 0.6) is 0 Å². The minimum absolute atomic E-state index is 0.00161. The van der Waals surface area contributed by atoms with Crippen molar-refractivity contribution < 1.29 is 9.53 Å². The Morgan fingerprint density at radius 2 is 1.82 bits per heavy atom. The molecule has 3 rings (SSSR count). The molecular formula is C23H35N5O4S. The maximum Gasteiger partial charge on any atom is 0.332 e. The van der Waals surface area contributed by atoms with Crippen LogP contribution in [0.1, 0.15) is 58.7 Å². The highest BCUT2D eigenvalue weighted by Crippen LogP contribution is 2.28. The predicted octanol–water partition coefficient (Wildman–Crippen LogP) is 2.36. The van der Waals surface area contributed by atoms with Crippen LogP contribution in [0.3, 0.4) is 0 Å². The number of rotatable bonds is 10. The molecule has 0 saturated carbocycles. The number of ether oxygens (including phenoxy) is 1. The molecule has 1 aliphatic rings. The minimum Gasteiger partial charge on any atom is -0.378 e. The first kappa shape index (κ1) is 25.4. The summed E-state index contributed by atoms with van der Waals surface area (Å²) in [6, 6.07) is 0. The number of carbonyl (C=O) groups excluding carboxylic acids is 1. The fourth-order valence-corrected chi connectivity index (χ4v) is 5.01. The molecule has 182 valence electrons. The number of thioether (sulfide) groups is 1. The van der Waals surface area contributed by atoms with Crippen molar-refractivity contribution in [2.75, 3.05) is 26.3 Å². The van der Waals surface area contributed by atoms with Crippen molar-refractivity contribution in [3.63, 3.8) is 0 Å². The second kappa shape index (κ2) is 11.8. The van der Waals surface area contributed by atoms with Gasteiger partial charge in [-0.2, -0.15) is 0 Å². The first-order valence-corrected chi connectivity index (χ1v) is 12.8. The van der Waals surface area contributed by atoms with E-state index >= 15 is 0 Å². The highest BCUT2D eigenvalue weighted by Gasteiger charge is 2.26. The van der Waals surface area contributed by atoms with Crippen molar-refractivity contribution in [1.29, 1.82) is 0 Å². The van der Waals surface area contributed by atoms with Crippen LogP contribution < -0.4 is 11.2 Å². The van der Waals surface area contributed by atoms with Crippen LogP contribution in [0.2, 0.25) is 0 Å². The smallest absolute Gasteiger partial charge is 0.332 e. The van der Waals surface area contributed by atoms with E-state index in [9.17, 15) is 14.4 Å². The van der Waals surface area contributed by atoms with Crippen LogP contribution in [0.4, 0.5) is 0 Å². The molecule has 0 bridgehead atoms. The van der Waals surface area contributed by atoms with Gasteiger partial charge in [-0.05, 0) is 19.8 Å². The van der Waals surface area contributed by atoms with E-state index < -0.39 is 10.8 Å². The summed E-state index contributed by atoms with van der Waals surface area (Å²) in [6.07, 6.45) is 5.69. The van der Waals surface area contributed by atoms with Crippen LogP contribution in [-0.2, 0) is 29.5 Å². The number of fused-ring (bicyclic) bond motifs is 1. The molecule has 0 spiro atoms. The number of amides is 1. The van der Waals surface area contributed by atoms with Gasteiger partial charge in [0.2, 0.25) is 5.91 Å². The van der Waals surface area contributed by atoms with Gasteiger partial charge in [0.1, 0.15) is 16.2 Å². The molecule has 1 amide bonds. The normalized spacial score (nSPS) is 15.2. The topological polar surface area (TPSA) is 99.3 Å². The second-order valence-corrected chi connectivity index (χ2v) is 9.78. The lowest BCUT2D eigenvalue weighted by atomic mass is 10.1. The molecule has 9 nitrogen and oxygen atoms in total. The van der Waals surface area contributed by atoms with Crippen LogP contribution in [0.15, 0.2) is 14.6 Å². The lowest BCUT2D eigenvalue weighted by Crippen LogP contribution is -2.44. The fourth-order valence-electron chi connectivity index (χ4n) is 3.97. The molecule has 1 fully saturated rings. The Morgan fingerprint density at radius 1 is 1.09 bits per heavy atom. The molecule has 0 N–H and O–H groups in total. The van der Waals surface area contributed by atoms with E-state index in [1.54, 1.807) is 9.47 Å². The van der Waals surface area contributed by atoms with Crippen molar-refractivity contribution in [2.24, 2.45) is 7.05 Å². The monoisotopic (exact) mass is 477 g/mol. The van der Waals surface area contributed by atoms with Gasteiger partial charge in [-0.15, -0.1) is 0 Å². The van der Waals surface area contributed by atoms with Crippen LogP contribution in [0, 0.1) is 0 Å². The predicted molar refractivity (Wildman–Crippen MR) is 130 cm³/mol. The first-order chi connectivity index (χ1) is 15.9. The summed E-state index contributed by atoms with van der Waals surface area (Å²) in [4.78, 5) is 50.2. The van der Waals surface area contributed by atoms with Crippen molar-refractivity contribution in [1.82, 2.24) is 24.0 Å². The number of hydrogen-bond acceptors (Lipinski definition) is 7. The molecule has 2 aromatic rings. The summed E-state index contributed by atoms with van der Waals surface area (Å²) in [6.45, 7) is 8.63. The van der Waals surface area contributed by atoms with Crippen molar-refractivity contribution in [2.45, 2.75) is 76.1 Å². The average Bonchev–Trinajstić information content (AvgIpc) is 2.83. The van der Waals surface area contributed by atoms with Crippen LogP contribution in [-0.4, -0.2) is 61.5 Å². The summed E-state index contributed by atoms with van der Waals surface area (Å²) in [5.41, 5.74) is -0.425. The Morgan fingerprint density at radius 3 is 2.48 bits per heavy atom. The van der Waals surface area contributed by atoms with Gasteiger partial charge in [0.25, 0.3) is 5.56 Å². The van der Waals surface area contributed by atoms with E-state index in [1.165, 1.54) is 18.8 Å². The summed E-state index contributed by atoms with van der Waals surface area (Å²) in [5.74, 6) is 0.614. The molecule has 10 heteroatoms. The molecule has 1 saturated heterocycles. The molecule has 33 heavy (non-hydrogen) atoms. The van der Waals surface area contributed by atoms with Gasteiger partial charge < -0.3 is 9.64 Å². The molecule has 0 aliphatic carbocycles. The Bertz CT molecular complexity index is 1090. The summed E-state index contributed by atoms with van der Waals surface area (Å²) in [7, 11) is 1.48. The van der Waals surface area contributed by atoms with E-state index in [0.29, 0.717) is 61.2 Å². The highest BCUT2D eigenvalue weighted by atomic mass is 32.2. The lowest BCUT2D eigenvalue weighted by Gasteiger charge is -2.29. The van der Waals surface area contributed by atoms with Crippen molar-refractivity contribution in [3.8, 4) is 0 Å². The largest absolute Gasteiger partial charge is 0.378 e. The minimum atomic E-state index is -0.426. The molecule has 1 aliphatic heterocycles. The number of carbonyl (C=O) groups is 1. The van der Waals surface area contributed by atoms with Gasteiger partial charge in [0.05, 0.1) is 18.5 Å². The van der Waals surface area contributed by atoms with Gasteiger partial charge >= 0.3 is 5.69 Å². The second-order valence-electron chi connectivity index (χ2n) is 8.45. The van der Waals surface area contributed by atoms with Crippen molar-refractivity contribution >= 4 is 28.7 Å².